The average molecular weight is 295 g/mol. The Hall–Kier alpha value is 0. The van der Waals surface area contributed by atoms with E-state index in [1.54, 1.807) is 0 Å². The molecule has 5 unspecified atom stereocenters. The second-order valence-corrected chi connectivity index (χ2v) is 9.25. The first-order chi connectivity index (χ1) is 9.79. The molecule has 5 atom stereocenters. The van der Waals surface area contributed by atoms with Gasteiger partial charge >= 0.3 is 0 Å². The third kappa shape index (κ3) is 8.27. The van der Waals surface area contributed by atoms with Gasteiger partial charge in [-0.15, -0.1) is 0 Å². The van der Waals surface area contributed by atoms with Gasteiger partial charge in [0, 0.05) is 0 Å². The summed E-state index contributed by atoms with van der Waals surface area (Å²) in [6.07, 6.45) is 10.2. The Morgan fingerprint density at radius 1 is 0.810 bits per heavy atom. The fourth-order valence-corrected chi connectivity index (χ4v) is 4.56. The van der Waals surface area contributed by atoms with Crippen LogP contribution in [0.1, 0.15) is 93.4 Å². The van der Waals surface area contributed by atoms with Crippen molar-refractivity contribution in [3.05, 3.63) is 0 Å². The van der Waals surface area contributed by atoms with Crippen LogP contribution in [0.2, 0.25) is 0 Å². The fraction of sp³-hybridized carbons (Fsp3) is 1.00. The monoisotopic (exact) mass is 294 g/mol. The van der Waals surface area contributed by atoms with Crippen molar-refractivity contribution in [1.29, 1.82) is 0 Å². The lowest BCUT2D eigenvalue weighted by Gasteiger charge is -2.24. The maximum absolute atomic E-state index is 2.49. The molecule has 0 aromatic rings. The first kappa shape index (κ1) is 19.0. The molecule has 1 aliphatic carbocycles. The lowest BCUT2D eigenvalue weighted by atomic mass is 9.82. The molecule has 0 bridgehead atoms. The second-order valence-electron chi connectivity index (χ2n) is 9.25. The van der Waals surface area contributed by atoms with Gasteiger partial charge in [0.25, 0.3) is 0 Å². The molecule has 0 spiro atoms. The van der Waals surface area contributed by atoms with Crippen LogP contribution in [0.15, 0.2) is 0 Å². The molecule has 0 aromatic carbocycles. The number of hydrogen-bond acceptors (Lipinski definition) is 0. The molecule has 0 nitrogen and oxygen atoms in total. The van der Waals surface area contributed by atoms with Crippen LogP contribution in [0.25, 0.3) is 0 Å². The summed E-state index contributed by atoms with van der Waals surface area (Å²) in [5, 5.41) is 0. The van der Waals surface area contributed by atoms with Crippen LogP contribution in [-0.2, 0) is 0 Å². The highest BCUT2D eigenvalue weighted by Gasteiger charge is 2.36. The van der Waals surface area contributed by atoms with Crippen molar-refractivity contribution in [2.45, 2.75) is 93.4 Å². The minimum Gasteiger partial charge on any atom is -0.0628 e. The van der Waals surface area contributed by atoms with E-state index in [1.165, 1.54) is 44.9 Å². The molecule has 1 aliphatic rings. The summed E-state index contributed by atoms with van der Waals surface area (Å²) in [6, 6.07) is 0. The van der Waals surface area contributed by atoms with Gasteiger partial charge < -0.3 is 0 Å². The Labute approximate surface area is 135 Å². The predicted molar refractivity (Wildman–Crippen MR) is 96.5 cm³/mol. The SMILES string of the molecule is CC(C)CC(C)CC(CCCC(C)C1CC1C)CC(C)C. The van der Waals surface area contributed by atoms with Gasteiger partial charge in [-0.05, 0) is 67.1 Å². The van der Waals surface area contributed by atoms with E-state index in [-0.39, 0.29) is 0 Å². The summed E-state index contributed by atoms with van der Waals surface area (Å²) >= 11 is 0. The number of hydrogen-bond donors (Lipinski definition) is 0. The predicted octanol–water partition coefficient (Wildman–Crippen LogP) is 7.18. The molecule has 0 aromatic heterocycles. The van der Waals surface area contributed by atoms with Crippen molar-refractivity contribution in [2.24, 2.45) is 41.4 Å². The molecule has 1 saturated carbocycles. The largest absolute Gasteiger partial charge is 0.0628 e. The summed E-state index contributed by atoms with van der Waals surface area (Å²) in [7, 11) is 0. The third-order valence-electron chi connectivity index (χ3n) is 5.59. The summed E-state index contributed by atoms with van der Waals surface area (Å²) in [6.45, 7) is 16.9. The molecule has 1 fully saturated rings. The van der Waals surface area contributed by atoms with Crippen LogP contribution in [0, 0.1) is 41.4 Å². The molecular weight excluding hydrogens is 252 g/mol. The first-order valence-electron chi connectivity index (χ1n) is 9.79. The molecule has 0 radical (unpaired) electrons. The molecule has 1 rings (SSSR count). The Kier molecular flexibility index (Phi) is 8.35. The minimum absolute atomic E-state index is 0.857. The lowest BCUT2D eigenvalue weighted by Crippen LogP contribution is -2.12. The molecule has 0 aliphatic heterocycles. The molecular formula is C21H42. The van der Waals surface area contributed by atoms with E-state index >= 15 is 0 Å². The van der Waals surface area contributed by atoms with Gasteiger partial charge in [0.2, 0.25) is 0 Å². The highest BCUT2D eigenvalue weighted by atomic mass is 14.4. The van der Waals surface area contributed by atoms with E-state index in [4.69, 9.17) is 0 Å². The summed E-state index contributed by atoms with van der Waals surface area (Å²) in [4.78, 5) is 0. The van der Waals surface area contributed by atoms with Gasteiger partial charge in [0.15, 0.2) is 0 Å². The molecule has 0 N–H and O–H groups in total. The number of rotatable bonds is 11. The van der Waals surface area contributed by atoms with Crippen molar-refractivity contribution in [1.82, 2.24) is 0 Å². The lowest BCUT2D eigenvalue weighted by molar-refractivity contribution is 0.277. The Bertz CT molecular complexity index is 265. The quantitative estimate of drug-likeness (QED) is 0.378. The highest BCUT2D eigenvalue weighted by molar-refractivity contribution is 4.86. The van der Waals surface area contributed by atoms with E-state index in [0.29, 0.717) is 0 Å². The van der Waals surface area contributed by atoms with Gasteiger partial charge in [0.05, 0.1) is 0 Å². The van der Waals surface area contributed by atoms with E-state index in [2.05, 4.69) is 48.5 Å². The Morgan fingerprint density at radius 3 is 1.86 bits per heavy atom. The topological polar surface area (TPSA) is 0 Å². The molecule has 126 valence electrons. The van der Waals surface area contributed by atoms with Crippen LogP contribution in [-0.4, -0.2) is 0 Å². The standard InChI is InChI=1S/C21H42/c1-15(2)11-17(5)13-20(12-16(3)4)10-8-9-18(6)21-14-19(21)7/h15-21H,8-14H2,1-7H3. The van der Waals surface area contributed by atoms with Crippen LogP contribution in [0.3, 0.4) is 0 Å². The molecule has 0 amide bonds. The second kappa shape index (κ2) is 9.21. The fourth-order valence-electron chi connectivity index (χ4n) is 4.56. The molecule has 0 saturated heterocycles. The van der Waals surface area contributed by atoms with E-state index in [1.807, 2.05) is 0 Å². The highest BCUT2D eigenvalue weighted by Crippen LogP contribution is 2.45. The van der Waals surface area contributed by atoms with Gasteiger partial charge in [-0.25, -0.2) is 0 Å². The van der Waals surface area contributed by atoms with Crippen LogP contribution in [0.5, 0.6) is 0 Å². The smallest absolute Gasteiger partial charge is 0.0360 e. The van der Waals surface area contributed by atoms with Gasteiger partial charge in [-0.1, -0.05) is 67.7 Å². The average Bonchev–Trinajstić information content (AvgIpc) is 3.04. The first-order valence-corrected chi connectivity index (χ1v) is 9.79. The Balaban J connectivity index is 2.28. The third-order valence-corrected chi connectivity index (χ3v) is 5.59. The van der Waals surface area contributed by atoms with Crippen LogP contribution in [0.4, 0.5) is 0 Å². The molecule has 0 heteroatoms. The maximum Gasteiger partial charge on any atom is -0.0360 e. The van der Waals surface area contributed by atoms with Crippen molar-refractivity contribution in [2.75, 3.05) is 0 Å². The molecule has 0 heterocycles. The van der Waals surface area contributed by atoms with Crippen molar-refractivity contribution in [3.63, 3.8) is 0 Å². The summed E-state index contributed by atoms with van der Waals surface area (Å²) in [5.41, 5.74) is 0. The van der Waals surface area contributed by atoms with E-state index < -0.39 is 0 Å². The van der Waals surface area contributed by atoms with Crippen molar-refractivity contribution in [3.8, 4) is 0 Å². The summed E-state index contributed by atoms with van der Waals surface area (Å²) in [5.74, 6) is 6.68. The Morgan fingerprint density at radius 2 is 1.38 bits per heavy atom. The normalized spacial score (nSPS) is 26.1. The van der Waals surface area contributed by atoms with Crippen LogP contribution < -0.4 is 0 Å². The van der Waals surface area contributed by atoms with E-state index in [0.717, 1.165) is 41.4 Å². The molecule has 21 heavy (non-hydrogen) atoms. The van der Waals surface area contributed by atoms with E-state index in [9.17, 15) is 0 Å². The summed E-state index contributed by atoms with van der Waals surface area (Å²) < 4.78 is 0. The van der Waals surface area contributed by atoms with Crippen LogP contribution >= 0.6 is 0 Å². The van der Waals surface area contributed by atoms with Gasteiger partial charge in [-0.3, -0.25) is 0 Å². The van der Waals surface area contributed by atoms with Gasteiger partial charge in [-0.2, -0.15) is 0 Å². The zero-order valence-corrected chi connectivity index (χ0v) is 16.0. The van der Waals surface area contributed by atoms with Crippen molar-refractivity contribution < 1.29 is 0 Å². The van der Waals surface area contributed by atoms with Crippen molar-refractivity contribution >= 4 is 0 Å². The van der Waals surface area contributed by atoms with Gasteiger partial charge in [0.1, 0.15) is 0 Å². The zero-order valence-electron chi connectivity index (χ0n) is 16.0. The minimum atomic E-state index is 0.857. The zero-order chi connectivity index (χ0) is 16.0. The maximum atomic E-state index is 2.49.